The van der Waals surface area contributed by atoms with Crippen molar-refractivity contribution in [2.24, 2.45) is 0 Å². The second-order valence-electron chi connectivity index (χ2n) is 7.65. The molecule has 0 unspecified atom stereocenters. The summed E-state index contributed by atoms with van der Waals surface area (Å²) in [5.74, 6) is 0.809. The molecule has 1 aromatic heterocycles. The van der Waals surface area contributed by atoms with Gasteiger partial charge in [0.2, 0.25) is 0 Å². The predicted molar refractivity (Wildman–Crippen MR) is 123 cm³/mol. The summed E-state index contributed by atoms with van der Waals surface area (Å²) in [5, 5.41) is 10.6. The highest BCUT2D eigenvalue weighted by Gasteiger charge is 2.34. The summed E-state index contributed by atoms with van der Waals surface area (Å²) in [6.07, 6.45) is -0.458. The Labute approximate surface area is 197 Å². The molecule has 0 amide bonds. The van der Waals surface area contributed by atoms with Crippen molar-refractivity contribution in [3.63, 3.8) is 0 Å². The van der Waals surface area contributed by atoms with E-state index in [9.17, 15) is 9.90 Å². The summed E-state index contributed by atoms with van der Waals surface area (Å²) < 4.78 is 24.7. The van der Waals surface area contributed by atoms with Crippen molar-refractivity contribution >= 4 is 17.6 Å². The zero-order valence-corrected chi connectivity index (χ0v) is 19.5. The Morgan fingerprint density at radius 2 is 1.91 bits per heavy atom. The average Bonchev–Trinajstić information content (AvgIpc) is 3.21. The number of nitrogens with zero attached hydrogens (tertiary/aromatic N) is 1. The van der Waals surface area contributed by atoms with Crippen LogP contribution >= 0.6 is 11.6 Å². The largest absolute Gasteiger partial charge is 0.493 e. The van der Waals surface area contributed by atoms with Gasteiger partial charge in [0.05, 0.1) is 45.4 Å². The quantitative estimate of drug-likeness (QED) is 0.501. The third kappa shape index (κ3) is 4.31. The monoisotopic (exact) mass is 471 g/mol. The molecule has 0 radical (unpaired) electrons. The first-order valence-electron chi connectivity index (χ1n) is 10.6. The number of carbonyl (C=O) groups excluding carboxylic acids is 1. The van der Waals surface area contributed by atoms with Crippen LogP contribution in [0.2, 0.25) is 5.02 Å². The molecule has 0 saturated carbocycles. The second-order valence-corrected chi connectivity index (χ2v) is 8.08. The number of para-hydroxylation sites is 1. The second kappa shape index (κ2) is 9.87. The molecule has 2 heterocycles. The van der Waals surface area contributed by atoms with Crippen molar-refractivity contribution in [1.82, 2.24) is 4.57 Å². The summed E-state index contributed by atoms with van der Waals surface area (Å²) >= 11 is 6.42. The first-order valence-corrected chi connectivity index (χ1v) is 10.9. The number of hydrogen-bond acceptors (Lipinski definition) is 6. The molecule has 174 valence electrons. The number of esters is 1. The first kappa shape index (κ1) is 23.2. The standard InChI is InChI=1S/C25H26ClNO6/c1-30-22-6-4-5-17(25(22)32-3)24-18-13-15(26)7-9-19(18)27-16(14-28)8-10-20(27)21(33-24)11-12-23(29)31-2/h4-10,13,21,24,28H,11-12,14H2,1-3H3/t21-,24-/m1/s1. The van der Waals surface area contributed by atoms with Gasteiger partial charge in [0.1, 0.15) is 6.10 Å². The fourth-order valence-corrected chi connectivity index (χ4v) is 4.52. The number of halogens is 1. The van der Waals surface area contributed by atoms with E-state index in [1.807, 2.05) is 47.0 Å². The van der Waals surface area contributed by atoms with Crippen LogP contribution in [-0.4, -0.2) is 37.0 Å². The number of fused-ring (bicyclic) bond motifs is 3. The fraction of sp³-hybridized carbons (Fsp3) is 0.320. The van der Waals surface area contributed by atoms with Gasteiger partial charge in [-0.1, -0.05) is 23.7 Å². The molecule has 8 heteroatoms. The molecule has 0 spiro atoms. The summed E-state index contributed by atoms with van der Waals surface area (Å²) in [5.41, 5.74) is 3.94. The Balaban J connectivity index is 1.93. The Hall–Kier alpha value is -3.00. The maximum atomic E-state index is 11.9. The van der Waals surface area contributed by atoms with E-state index in [-0.39, 0.29) is 19.0 Å². The van der Waals surface area contributed by atoms with Gasteiger partial charge in [-0.25, -0.2) is 0 Å². The molecule has 0 fully saturated rings. The van der Waals surface area contributed by atoms with Crippen LogP contribution < -0.4 is 9.47 Å². The van der Waals surface area contributed by atoms with E-state index in [4.69, 9.17) is 30.5 Å². The normalized spacial score (nSPS) is 17.0. The minimum absolute atomic E-state index is 0.154. The minimum Gasteiger partial charge on any atom is -0.493 e. The molecule has 1 aliphatic rings. The number of aliphatic hydroxyl groups is 1. The van der Waals surface area contributed by atoms with E-state index in [0.29, 0.717) is 28.6 Å². The van der Waals surface area contributed by atoms with Crippen LogP contribution in [0.25, 0.3) is 5.69 Å². The fourth-order valence-electron chi connectivity index (χ4n) is 4.34. The number of aromatic nitrogens is 1. The Morgan fingerprint density at radius 1 is 1.09 bits per heavy atom. The lowest BCUT2D eigenvalue weighted by molar-refractivity contribution is -0.141. The van der Waals surface area contributed by atoms with Gasteiger partial charge in [-0.2, -0.15) is 0 Å². The van der Waals surface area contributed by atoms with Crippen molar-refractivity contribution < 1.29 is 28.8 Å². The molecule has 2 aromatic carbocycles. The molecule has 0 aliphatic carbocycles. The van der Waals surface area contributed by atoms with Crippen LogP contribution in [-0.2, 0) is 20.9 Å². The summed E-state index contributed by atoms with van der Waals surface area (Å²) in [6.45, 7) is -0.154. The van der Waals surface area contributed by atoms with Crippen molar-refractivity contribution in [1.29, 1.82) is 0 Å². The van der Waals surface area contributed by atoms with Crippen LogP contribution in [0.15, 0.2) is 48.5 Å². The van der Waals surface area contributed by atoms with E-state index in [1.54, 1.807) is 20.3 Å². The van der Waals surface area contributed by atoms with E-state index in [0.717, 1.165) is 22.5 Å². The summed E-state index contributed by atoms with van der Waals surface area (Å²) in [4.78, 5) is 11.9. The lowest BCUT2D eigenvalue weighted by atomic mass is 9.98. The van der Waals surface area contributed by atoms with E-state index in [2.05, 4.69) is 0 Å². The Morgan fingerprint density at radius 3 is 2.61 bits per heavy atom. The zero-order valence-electron chi connectivity index (χ0n) is 18.7. The highest BCUT2D eigenvalue weighted by molar-refractivity contribution is 6.30. The number of ether oxygens (including phenoxy) is 4. The van der Waals surface area contributed by atoms with Crippen molar-refractivity contribution in [2.75, 3.05) is 21.3 Å². The molecule has 7 nitrogen and oxygen atoms in total. The van der Waals surface area contributed by atoms with Gasteiger partial charge in [0.15, 0.2) is 11.5 Å². The van der Waals surface area contributed by atoms with E-state index < -0.39 is 12.2 Å². The van der Waals surface area contributed by atoms with Crippen LogP contribution in [0.4, 0.5) is 0 Å². The Kier molecular flexibility index (Phi) is 6.93. The third-order valence-electron chi connectivity index (χ3n) is 5.85. The third-order valence-corrected chi connectivity index (χ3v) is 6.09. The number of hydrogen-bond donors (Lipinski definition) is 1. The van der Waals surface area contributed by atoms with Gasteiger partial charge in [0, 0.05) is 28.3 Å². The Bertz CT molecular complexity index is 1160. The smallest absolute Gasteiger partial charge is 0.305 e. The molecular formula is C25H26ClNO6. The van der Waals surface area contributed by atoms with Gasteiger partial charge in [-0.05, 0) is 42.8 Å². The van der Waals surface area contributed by atoms with Gasteiger partial charge in [-0.15, -0.1) is 0 Å². The number of methoxy groups -OCH3 is 3. The zero-order chi connectivity index (χ0) is 23.5. The van der Waals surface area contributed by atoms with Gasteiger partial charge in [0.25, 0.3) is 0 Å². The SMILES string of the molecule is COC(=O)CC[C@H]1O[C@H](c2cccc(OC)c2OC)c2cc(Cl)ccc2-n2c(CO)ccc21. The van der Waals surface area contributed by atoms with E-state index >= 15 is 0 Å². The topological polar surface area (TPSA) is 79.2 Å². The van der Waals surface area contributed by atoms with Crippen molar-refractivity contribution in [3.8, 4) is 17.2 Å². The summed E-state index contributed by atoms with van der Waals surface area (Å²) in [7, 11) is 4.53. The average molecular weight is 472 g/mol. The molecular weight excluding hydrogens is 446 g/mol. The number of rotatable bonds is 7. The minimum atomic E-state index is -0.571. The van der Waals surface area contributed by atoms with Gasteiger partial charge < -0.3 is 28.6 Å². The van der Waals surface area contributed by atoms with Gasteiger partial charge >= 0.3 is 5.97 Å². The molecule has 1 aliphatic heterocycles. The number of aliphatic hydroxyl groups excluding tert-OH is 1. The molecule has 0 saturated heterocycles. The van der Waals surface area contributed by atoms with E-state index in [1.165, 1.54) is 7.11 Å². The maximum Gasteiger partial charge on any atom is 0.305 e. The molecule has 33 heavy (non-hydrogen) atoms. The molecule has 4 rings (SSSR count). The van der Waals surface area contributed by atoms with Crippen LogP contribution in [0, 0.1) is 0 Å². The lowest BCUT2D eigenvalue weighted by Gasteiger charge is -2.25. The van der Waals surface area contributed by atoms with Crippen molar-refractivity contribution in [2.45, 2.75) is 31.7 Å². The first-order chi connectivity index (χ1) is 16.0. The van der Waals surface area contributed by atoms with Crippen LogP contribution in [0.3, 0.4) is 0 Å². The highest BCUT2D eigenvalue weighted by Crippen LogP contribution is 2.47. The highest BCUT2D eigenvalue weighted by atomic mass is 35.5. The van der Waals surface area contributed by atoms with Gasteiger partial charge in [-0.3, -0.25) is 4.79 Å². The van der Waals surface area contributed by atoms with Crippen LogP contribution in [0.1, 0.15) is 47.6 Å². The number of benzene rings is 2. The molecule has 1 N–H and O–H groups in total. The summed E-state index contributed by atoms with van der Waals surface area (Å²) in [6, 6.07) is 14.9. The van der Waals surface area contributed by atoms with Crippen molar-refractivity contribution in [3.05, 3.63) is 76.1 Å². The maximum absolute atomic E-state index is 11.9. The van der Waals surface area contributed by atoms with Crippen LogP contribution in [0.5, 0.6) is 11.5 Å². The number of carbonyl (C=O) groups is 1. The molecule has 0 bridgehead atoms. The molecule has 2 atom stereocenters. The lowest BCUT2D eigenvalue weighted by Crippen LogP contribution is -2.13. The predicted octanol–water partition coefficient (Wildman–Crippen LogP) is 4.75. The molecule has 3 aromatic rings.